The van der Waals surface area contributed by atoms with Crippen molar-refractivity contribution in [2.45, 2.75) is 10.8 Å². The molecule has 316 valence electrons. The number of benzene rings is 8. The van der Waals surface area contributed by atoms with Gasteiger partial charge in [-0.2, -0.15) is 0 Å². The number of pyridine rings is 2. The number of para-hydroxylation sites is 5. The van der Waals surface area contributed by atoms with E-state index >= 15 is 0 Å². The summed E-state index contributed by atoms with van der Waals surface area (Å²) in [6.07, 6.45) is 7.66. The molecule has 2 aliphatic rings. The molecule has 6 heteroatoms. The molecule has 0 spiro atoms. The van der Waals surface area contributed by atoms with Gasteiger partial charge in [0, 0.05) is 24.8 Å². The summed E-state index contributed by atoms with van der Waals surface area (Å²) in [4.78, 5) is 18.1. The van der Waals surface area contributed by atoms with Gasteiger partial charge in [0.2, 0.25) is 0 Å². The van der Waals surface area contributed by atoms with Gasteiger partial charge < -0.3 is 9.80 Å². The van der Waals surface area contributed by atoms with Crippen molar-refractivity contribution < 1.29 is 0 Å². The summed E-state index contributed by atoms with van der Waals surface area (Å²) in [5.41, 5.74) is 15.0. The van der Waals surface area contributed by atoms with Crippen LogP contribution in [0.3, 0.4) is 0 Å². The van der Waals surface area contributed by atoms with Crippen molar-refractivity contribution in [1.82, 2.24) is 9.97 Å². The normalized spacial score (nSPS) is 13.9. The maximum Gasteiger partial charge on any atom is 0.194 e. The number of nitrogens with zero attached hydrogens (tertiary/aromatic N) is 5. The molecule has 8 aromatic carbocycles. The van der Waals surface area contributed by atoms with Crippen LogP contribution < -0.4 is 9.80 Å². The molecule has 0 saturated heterocycles. The first-order chi connectivity index (χ1) is 33.2. The number of rotatable bonds is 7. The van der Waals surface area contributed by atoms with Gasteiger partial charge >= 0.3 is 0 Å². The molecule has 10 aromatic rings. The van der Waals surface area contributed by atoms with Crippen LogP contribution in [0.4, 0.5) is 39.8 Å². The third kappa shape index (κ3) is 5.94. The number of hydrogen-bond acceptors (Lipinski definition) is 4. The summed E-state index contributed by atoms with van der Waals surface area (Å²) in [6, 6.07) is 76.7. The van der Waals surface area contributed by atoms with Crippen LogP contribution in [0, 0.1) is 6.57 Å². The monoisotopic (exact) mass is 877 g/mol. The van der Waals surface area contributed by atoms with Gasteiger partial charge in [-0.3, -0.25) is 9.97 Å². The van der Waals surface area contributed by atoms with E-state index < -0.39 is 10.8 Å². The Bertz CT molecular complexity index is 3130. The fraction of sp³-hybridized carbons (Fsp3) is 0.0328. The molecule has 0 unspecified atom stereocenters. The van der Waals surface area contributed by atoms with Crippen LogP contribution in [0.25, 0.3) is 16.0 Å². The van der Waals surface area contributed by atoms with Gasteiger partial charge in [0.25, 0.3) is 0 Å². The zero-order chi connectivity index (χ0) is 45.0. The lowest BCUT2D eigenvalue weighted by Crippen LogP contribution is -2.38. The average molecular weight is 878 g/mol. The van der Waals surface area contributed by atoms with E-state index in [0.29, 0.717) is 10.7 Å². The van der Waals surface area contributed by atoms with Gasteiger partial charge in [-0.05, 0) is 104 Å². The van der Waals surface area contributed by atoms with E-state index in [1.54, 1.807) is 0 Å². The SMILES string of the molecule is [C-]#[N+]c1ccccc1-c1cc(N2c3ccccc3C(c3ccccc3)(c3cccnc3)c3ccccc32)c(Cl)c(N2c3ccccc3C(c3ccccc3)(c3cccnc3)c3ccccc32)c1. The lowest BCUT2D eigenvalue weighted by Gasteiger charge is -2.47. The molecular formula is C61H40ClN5. The maximum absolute atomic E-state index is 8.34. The van der Waals surface area contributed by atoms with Crippen molar-refractivity contribution in [3.63, 3.8) is 0 Å². The topological polar surface area (TPSA) is 36.6 Å². The van der Waals surface area contributed by atoms with Gasteiger partial charge in [0.05, 0.1) is 56.5 Å². The van der Waals surface area contributed by atoms with Crippen LogP contribution >= 0.6 is 11.6 Å². The molecule has 0 amide bonds. The van der Waals surface area contributed by atoms with Crippen LogP contribution in [0.1, 0.15) is 44.5 Å². The number of fused-ring (bicyclic) bond motifs is 4. The zero-order valence-electron chi connectivity index (χ0n) is 36.2. The van der Waals surface area contributed by atoms with Crippen molar-refractivity contribution >= 4 is 51.4 Å². The first-order valence-corrected chi connectivity index (χ1v) is 22.7. The van der Waals surface area contributed by atoms with Crippen LogP contribution in [-0.2, 0) is 10.8 Å². The molecule has 0 bridgehead atoms. The zero-order valence-corrected chi connectivity index (χ0v) is 37.0. The van der Waals surface area contributed by atoms with E-state index in [0.717, 1.165) is 89.8 Å². The highest BCUT2D eigenvalue weighted by Gasteiger charge is 2.49. The minimum Gasteiger partial charge on any atom is -0.308 e. The van der Waals surface area contributed by atoms with Crippen molar-refractivity contribution in [2.75, 3.05) is 9.80 Å². The first-order valence-electron chi connectivity index (χ1n) is 22.4. The second-order valence-corrected chi connectivity index (χ2v) is 17.3. The van der Waals surface area contributed by atoms with Crippen molar-refractivity contribution in [1.29, 1.82) is 0 Å². The highest BCUT2D eigenvalue weighted by molar-refractivity contribution is 6.37. The Balaban J connectivity index is 1.18. The molecule has 0 fully saturated rings. The van der Waals surface area contributed by atoms with Gasteiger partial charge in [-0.1, -0.05) is 181 Å². The average Bonchev–Trinajstić information content (AvgIpc) is 3.41. The molecule has 0 saturated carbocycles. The predicted octanol–water partition coefficient (Wildman–Crippen LogP) is 15.7. The highest BCUT2D eigenvalue weighted by Crippen LogP contribution is 2.62. The molecule has 0 atom stereocenters. The van der Waals surface area contributed by atoms with E-state index in [9.17, 15) is 0 Å². The summed E-state index contributed by atoms with van der Waals surface area (Å²) < 4.78 is 0. The Morgan fingerprint density at radius 2 is 0.746 bits per heavy atom. The first kappa shape index (κ1) is 40.0. The fourth-order valence-electron chi connectivity index (χ4n) is 11.0. The summed E-state index contributed by atoms with van der Waals surface area (Å²) in [6.45, 7) is 8.34. The van der Waals surface area contributed by atoms with Crippen molar-refractivity contribution in [3.05, 3.63) is 304 Å². The molecular weight excluding hydrogens is 838 g/mol. The Labute approximate surface area is 395 Å². The van der Waals surface area contributed by atoms with E-state index in [4.69, 9.17) is 28.1 Å². The van der Waals surface area contributed by atoms with Crippen LogP contribution in [0.2, 0.25) is 5.02 Å². The molecule has 5 nitrogen and oxygen atoms in total. The maximum atomic E-state index is 8.34. The molecule has 0 aliphatic carbocycles. The minimum atomic E-state index is -0.722. The van der Waals surface area contributed by atoms with Crippen molar-refractivity contribution in [2.24, 2.45) is 0 Å². The summed E-state index contributed by atoms with van der Waals surface area (Å²) >= 11 is 8.22. The Kier molecular flexibility index (Phi) is 9.64. The van der Waals surface area contributed by atoms with Crippen LogP contribution in [-0.4, -0.2) is 9.97 Å². The standard InChI is InChI=1S/C61H40ClN5/c1-63-52-31-13-8-26-47(52)42-38-57(66-53-32-14-9-27-48(53)60(43-20-4-2-5-21-43,45-24-18-36-64-40-45)49-28-10-15-33-54(49)66)59(62)58(39-42)67-55-34-16-11-29-50(55)61(44-22-6-3-7-23-44,46-25-19-37-65-41-46)51-30-12-17-35-56(51)67/h2-41H. The van der Waals surface area contributed by atoms with E-state index in [1.165, 1.54) is 0 Å². The van der Waals surface area contributed by atoms with Crippen LogP contribution in [0.15, 0.2) is 243 Å². The number of halogens is 1. The summed E-state index contributed by atoms with van der Waals surface area (Å²) in [5.74, 6) is 0. The smallest absolute Gasteiger partial charge is 0.194 e. The number of aromatic nitrogens is 2. The van der Waals surface area contributed by atoms with Gasteiger partial charge in [0.1, 0.15) is 0 Å². The largest absolute Gasteiger partial charge is 0.308 e. The van der Waals surface area contributed by atoms with Gasteiger partial charge in [0.15, 0.2) is 5.69 Å². The molecule has 0 radical (unpaired) electrons. The van der Waals surface area contributed by atoms with E-state index in [2.05, 4.69) is 197 Å². The second kappa shape index (κ2) is 16.2. The second-order valence-electron chi connectivity index (χ2n) is 16.9. The summed E-state index contributed by atoms with van der Waals surface area (Å²) in [7, 11) is 0. The van der Waals surface area contributed by atoms with E-state index in [1.807, 2.05) is 61.2 Å². The number of anilines is 6. The third-order valence-corrected chi connectivity index (χ3v) is 14.0. The van der Waals surface area contributed by atoms with Gasteiger partial charge in [-0.15, -0.1) is 0 Å². The Morgan fingerprint density at radius 3 is 1.13 bits per heavy atom. The molecule has 12 rings (SSSR count). The Morgan fingerprint density at radius 1 is 0.388 bits per heavy atom. The van der Waals surface area contributed by atoms with E-state index in [-0.39, 0.29) is 0 Å². The highest BCUT2D eigenvalue weighted by atomic mass is 35.5. The minimum absolute atomic E-state index is 0.556. The Hall–Kier alpha value is -8.56. The quantitative estimate of drug-likeness (QED) is 0.150. The van der Waals surface area contributed by atoms with Crippen molar-refractivity contribution in [3.8, 4) is 11.1 Å². The van der Waals surface area contributed by atoms with Gasteiger partial charge in [-0.25, -0.2) is 4.85 Å². The third-order valence-electron chi connectivity index (χ3n) is 13.7. The fourth-order valence-corrected chi connectivity index (χ4v) is 11.3. The lowest BCUT2D eigenvalue weighted by molar-refractivity contribution is 0.726. The van der Waals surface area contributed by atoms with Crippen LogP contribution in [0.5, 0.6) is 0 Å². The molecule has 4 heterocycles. The molecule has 67 heavy (non-hydrogen) atoms. The molecule has 2 aliphatic heterocycles. The number of hydrogen-bond donors (Lipinski definition) is 0. The lowest BCUT2D eigenvalue weighted by atomic mass is 9.62. The predicted molar refractivity (Wildman–Crippen MR) is 272 cm³/mol. The molecule has 0 N–H and O–H groups in total. The summed E-state index contributed by atoms with van der Waals surface area (Å²) in [5, 5.41) is 0.556. The molecule has 2 aromatic heterocycles.